The van der Waals surface area contributed by atoms with E-state index in [1.807, 2.05) is 0 Å². The molecule has 0 aliphatic carbocycles. The van der Waals surface area contributed by atoms with Gasteiger partial charge in [-0.1, -0.05) is 0 Å². The number of hydrogen-bond donors (Lipinski definition) is 1. The molecule has 1 aromatic rings. The summed E-state index contributed by atoms with van der Waals surface area (Å²) >= 11 is 0. The Morgan fingerprint density at radius 3 is 2.64 bits per heavy atom. The van der Waals surface area contributed by atoms with Crippen LogP contribution in [0.3, 0.4) is 0 Å². The molecule has 2 heterocycles. The van der Waals surface area contributed by atoms with E-state index in [1.165, 1.54) is 12.1 Å². The van der Waals surface area contributed by atoms with Gasteiger partial charge in [-0.25, -0.2) is 13.1 Å². The average Bonchev–Trinajstić information content (AvgIpc) is 2.78. The molecule has 7 heteroatoms. The van der Waals surface area contributed by atoms with Gasteiger partial charge in [0.05, 0.1) is 24.2 Å². The number of rotatable bonds is 4. The molecular formula is C15H21NO5S. The van der Waals surface area contributed by atoms with E-state index < -0.39 is 10.0 Å². The largest absolute Gasteiger partial charge is 0.490 e. The lowest BCUT2D eigenvalue weighted by molar-refractivity contribution is 0.0200. The minimum atomic E-state index is -3.57. The zero-order chi connectivity index (χ0) is 15.4. The third-order valence-corrected chi connectivity index (χ3v) is 5.23. The Morgan fingerprint density at radius 2 is 1.86 bits per heavy atom. The Kier molecular flexibility index (Phi) is 4.85. The maximum absolute atomic E-state index is 12.4. The van der Waals surface area contributed by atoms with E-state index in [-0.39, 0.29) is 11.0 Å². The van der Waals surface area contributed by atoms with Gasteiger partial charge in [0.2, 0.25) is 10.0 Å². The van der Waals surface area contributed by atoms with E-state index in [4.69, 9.17) is 14.2 Å². The summed E-state index contributed by atoms with van der Waals surface area (Å²) in [6.07, 6.45) is 3.77. The van der Waals surface area contributed by atoms with Crippen LogP contribution in [0.25, 0.3) is 0 Å². The molecule has 1 N–H and O–H groups in total. The van der Waals surface area contributed by atoms with Crippen LogP contribution in [0.1, 0.15) is 25.7 Å². The first-order valence-corrected chi connectivity index (χ1v) is 9.14. The molecule has 1 unspecified atom stereocenters. The van der Waals surface area contributed by atoms with Crippen LogP contribution in [-0.4, -0.2) is 40.9 Å². The van der Waals surface area contributed by atoms with E-state index in [0.29, 0.717) is 37.9 Å². The molecule has 2 aliphatic heterocycles. The van der Waals surface area contributed by atoms with Gasteiger partial charge >= 0.3 is 0 Å². The SMILES string of the molecule is O=S(=O)(NCC1CCCCO1)c1ccc2c(c1)OCCCO2. The number of hydrogen-bond acceptors (Lipinski definition) is 5. The van der Waals surface area contributed by atoms with E-state index in [9.17, 15) is 8.42 Å². The quantitative estimate of drug-likeness (QED) is 0.911. The molecule has 0 spiro atoms. The average molecular weight is 327 g/mol. The minimum absolute atomic E-state index is 0.0380. The zero-order valence-corrected chi connectivity index (χ0v) is 13.2. The molecule has 1 saturated heterocycles. The Balaban J connectivity index is 1.70. The highest BCUT2D eigenvalue weighted by Gasteiger charge is 2.21. The molecule has 0 saturated carbocycles. The van der Waals surface area contributed by atoms with Crippen molar-refractivity contribution in [3.05, 3.63) is 18.2 Å². The van der Waals surface area contributed by atoms with Crippen molar-refractivity contribution < 1.29 is 22.6 Å². The van der Waals surface area contributed by atoms with Gasteiger partial charge in [0.15, 0.2) is 11.5 Å². The molecule has 1 atom stereocenters. The van der Waals surface area contributed by atoms with Gasteiger partial charge in [-0.15, -0.1) is 0 Å². The van der Waals surface area contributed by atoms with Gasteiger partial charge in [0.25, 0.3) is 0 Å². The predicted octanol–water partition coefficient (Wildman–Crippen LogP) is 1.70. The van der Waals surface area contributed by atoms with Crippen LogP contribution >= 0.6 is 0 Å². The molecular weight excluding hydrogens is 306 g/mol. The van der Waals surface area contributed by atoms with Crippen LogP contribution in [-0.2, 0) is 14.8 Å². The summed E-state index contributed by atoms with van der Waals surface area (Å²) in [7, 11) is -3.57. The second-order valence-corrected chi connectivity index (χ2v) is 7.27. The number of ether oxygens (including phenoxy) is 3. The van der Waals surface area contributed by atoms with Crippen molar-refractivity contribution in [1.29, 1.82) is 0 Å². The van der Waals surface area contributed by atoms with Gasteiger partial charge in [-0.05, 0) is 31.4 Å². The fourth-order valence-corrected chi connectivity index (χ4v) is 3.65. The summed E-state index contributed by atoms with van der Waals surface area (Å²) in [6.45, 7) is 2.11. The predicted molar refractivity (Wildman–Crippen MR) is 80.8 cm³/mol. The van der Waals surface area contributed by atoms with Crippen molar-refractivity contribution in [2.75, 3.05) is 26.4 Å². The molecule has 6 nitrogen and oxygen atoms in total. The number of sulfonamides is 1. The molecule has 0 bridgehead atoms. The molecule has 3 rings (SSSR count). The van der Waals surface area contributed by atoms with Crippen molar-refractivity contribution in [3.63, 3.8) is 0 Å². The lowest BCUT2D eigenvalue weighted by atomic mass is 10.1. The minimum Gasteiger partial charge on any atom is -0.490 e. The fourth-order valence-electron chi connectivity index (χ4n) is 2.57. The second kappa shape index (κ2) is 6.85. The molecule has 0 aromatic heterocycles. The lowest BCUT2D eigenvalue weighted by Crippen LogP contribution is -2.35. The van der Waals surface area contributed by atoms with Crippen molar-refractivity contribution in [3.8, 4) is 11.5 Å². The highest BCUT2D eigenvalue weighted by atomic mass is 32.2. The molecule has 1 aromatic carbocycles. The maximum Gasteiger partial charge on any atom is 0.240 e. The van der Waals surface area contributed by atoms with E-state index in [2.05, 4.69) is 4.72 Å². The van der Waals surface area contributed by atoms with Crippen molar-refractivity contribution in [2.24, 2.45) is 0 Å². The highest BCUT2D eigenvalue weighted by molar-refractivity contribution is 7.89. The summed E-state index contributed by atoms with van der Waals surface area (Å²) in [5.41, 5.74) is 0. The lowest BCUT2D eigenvalue weighted by Gasteiger charge is -2.22. The van der Waals surface area contributed by atoms with Gasteiger partial charge in [-0.2, -0.15) is 0 Å². The third-order valence-electron chi connectivity index (χ3n) is 3.80. The van der Waals surface area contributed by atoms with Crippen LogP contribution in [0.5, 0.6) is 11.5 Å². The first-order valence-electron chi connectivity index (χ1n) is 7.66. The van der Waals surface area contributed by atoms with Crippen molar-refractivity contribution in [1.82, 2.24) is 4.72 Å². The normalized spacial score (nSPS) is 22.1. The zero-order valence-electron chi connectivity index (χ0n) is 12.4. The third kappa shape index (κ3) is 3.71. The van der Waals surface area contributed by atoms with Crippen LogP contribution in [0.15, 0.2) is 23.1 Å². The smallest absolute Gasteiger partial charge is 0.240 e. The van der Waals surface area contributed by atoms with Crippen LogP contribution in [0, 0.1) is 0 Å². The number of benzene rings is 1. The Labute approximate surface area is 130 Å². The second-order valence-electron chi connectivity index (χ2n) is 5.50. The Bertz CT molecular complexity index is 610. The summed E-state index contributed by atoms with van der Waals surface area (Å²) in [5, 5.41) is 0. The summed E-state index contributed by atoms with van der Waals surface area (Å²) in [4.78, 5) is 0.188. The fraction of sp³-hybridized carbons (Fsp3) is 0.600. The first-order chi connectivity index (χ1) is 10.6. The van der Waals surface area contributed by atoms with Crippen LogP contribution in [0.2, 0.25) is 0 Å². The van der Waals surface area contributed by atoms with Crippen molar-refractivity contribution in [2.45, 2.75) is 36.7 Å². The molecule has 0 radical (unpaired) electrons. The highest BCUT2D eigenvalue weighted by Crippen LogP contribution is 2.31. The summed E-state index contributed by atoms with van der Waals surface area (Å²) in [6, 6.07) is 4.70. The van der Waals surface area contributed by atoms with Gasteiger partial charge in [0, 0.05) is 25.6 Å². The maximum atomic E-state index is 12.4. The molecule has 1 fully saturated rings. The van der Waals surface area contributed by atoms with Crippen LogP contribution in [0.4, 0.5) is 0 Å². The summed E-state index contributed by atoms with van der Waals surface area (Å²) in [5.74, 6) is 1.07. The van der Waals surface area contributed by atoms with E-state index in [0.717, 1.165) is 25.7 Å². The Morgan fingerprint density at radius 1 is 1.05 bits per heavy atom. The van der Waals surface area contributed by atoms with Gasteiger partial charge < -0.3 is 14.2 Å². The summed E-state index contributed by atoms with van der Waals surface area (Å²) < 4.78 is 44.0. The number of fused-ring (bicyclic) bond motifs is 1. The van der Waals surface area contributed by atoms with Gasteiger partial charge in [-0.3, -0.25) is 0 Å². The van der Waals surface area contributed by atoms with Crippen molar-refractivity contribution >= 4 is 10.0 Å². The monoisotopic (exact) mass is 327 g/mol. The standard InChI is InChI=1S/C15H21NO5S/c17-22(18,16-11-12-4-1-2-7-19-12)13-5-6-14-15(10-13)21-9-3-8-20-14/h5-6,10,12,16H,1-4,7-9,11H2. The molecule has 22 heavy (non-hydrogen) atoms. The van der Waals surface area contributed by atoms with E-state index in [1.54, 1.807) is 6.07 Å². The van der Waals surface area contributed by atoms with Gasteiger partial charge in [0.1, 0.15) is 0 Å². The molecule has 0 amide bonds. The molecule has 2 aliphatic rings. The Hall–Kier alpha value is -1.31. The topological polar surface area (TPSA) is 73.9 Å². The number of nitrogens with one attached hydrogen (secondary N) is 1. The molecule has 122 valence electrons. The first kappa shape index (κ1) is 15.6. The van der Waals surface area contributed by atoms with E-state index >= 15 is 0 Å². The van der Waals surface area contributed by atoms with Crippen LogP contribution < -0.4 is 14.2 Å².